The molecule has 0 radical (unpaired) electrons. The summed E-state index contributed by atoms with van der Waals surface area (Å²) in [7, 11) is 1.60. The van der Waals surface area contributed by atoms with E-state index in [4.69, 9.17) is 0 Å². The number of nitrogens with zero attached hydrogens (tertiary/aromatic N) is 6. The number of benzene rings is 1. The fraction of sp³-hybridized carbons (Fsp3) is 0.385. The average molecular weight is 499 g/mol. The Morgan fingerprint density at radius 2 is 1.81 bits per heavy atom. The molecule has 190 valence electrons. The highest BCUT2D eigenvalue weighted by molar-refractivity contribution is 5.99. The van der Waals surface area contributed by atoms with Crippen LogP contribution in [0.3, 0.4) is 0 Å². The van der Waals surface area contributed by atoms with Gasteiger partial charge in [0.2, 0.25) is 0 Å². The average Bonchev–Trinajstić information content (AvgIpc) is 3.38. The van der Waals surface area contributed by atoms with Crippen LogP contribution in [0.2, 0.25) is 0 Å². The van der Waals surface area contributed by atoms with Crippen LogP contribution in [-0.2, 0) is 19.3 Å². The zero-order valence-corrected chi connectivity index (χ0v) is 21.2. The highest BCUT2D eigenvalue weighted by Gasteiger charge is 2.36. The Hall–Kier alpha value is -3.69. The summed E-state index contributed by atoms with van der Waals surface area (Å²) in [5, 5.41) is 8.37. The molecular formula is C26H29F3N6O. The first-order valence-corrected chi connectivity index (χ1v) is 11.8. The summed E-state index contributed by atoms with van der Waals surface area (Å²) >= 11 is 0. The summed E-state index contributed by atoms with van der Waals surface area (Å²) in [5.41, 5.74) is 3.24. The SMILES string of the molecule is CCn1nc(C)c(CN(C)C(=O)c2cnn3c(C(F)(F)F)cc(-c4ccc(C(C)C)cc4)nc23)c1C. The van der Waals surface area contributed by atoms with Gasteiger partial charge in [-0.1, -0.05) is 38.1 Å². The quantitative estimate of drug-likeness (QED) is 0.345. The second kappa shape index (κ2) is 9.40. The van der Waals surface area contributed by atoms with Crippen LogP contribution in [0, 0.1) is 13.8 Å². The standard InChI is InChI=1S/C26H29F3N6O/c1-7-34-17(5)21(16(4)32-34)14-33(6)25(36)20-13-30-35-23(26(27,28)29)12-22(31-24(20)35)19-10-8-18(9-11-19)15(2)3/h8-13,15H,7,14H2,1-6H3. The summed E-state index contributed by atoms with van der Waals surface area (Å²) in [6.07, 6.45) is -3.54. The van der Waals surface area contributed by atoms with Gasteiger partial charge in [-0.15, -0.1) is 0 Å². The van der Waals surface area contributed by atoms with Crippen molar-refractivity contribution in [3.05, 3.63) is 70.3 Å². The monoisotopic (exact) mass is 498 g/mol. The van der Waals surface area contributed by atoms with Crippen molar-refractivity contribution in [2.75, 3.05) is 7.05 Å². The third-order valence-electron chi connectivity index (χ3n) is 6.44. The molecule has 10 heteroatoms. The van der Waals surface area contributed by atoms with Gasteiger partial charge in [-0.2, -0.15) is 23.4 Å². The van der Waals surface area contributed by atoms with Gasteiger partial charge in [0.15, 0.2) is 11.3 Å². The van der Waals surface area contributed by atoms with Crippen molar-refractivity contribution in [2.45, 2.75) is 59.8 Å². The Balaban J connectivity index is 1.77. The molecule has 0 aliphatic rings. The highest BCUT2D eigenvalue weighted by Crippen LogP contribution is 2.33. The van der Waals surface area contributed by atoms with E-state index in [1.807, 2.05) is 51.4 Å². The first-order chi connectivity index (χ1) is 16.9. The van der Waals surface area contributed by atoms with Gasteiger partial charge >= 0.3 is 6.18 Å². The predicted molar refractivity (Wildman–Crippen MR) is 131 cm³/mol. The molecule has 0 fully saturated rings. The van der Waals surface area contributed by atoms with E-state index in [9.17, 15) is 18.0 Å². The molecule has 0 unspecified atom stereocenters. The highest BCUT2D eigenvalue weighted by atomic mass is 19.4. The van der Waals surface area contributed by atoms with Crippen LogP contribution in [0.15, 0.2) is 36.5 Å². The summed E-state index contributed by atoms with van der Waals surface area (Å²) in [6.45, 7) is 10.8. The molecule has 3 aromatic heterocycles. The van der Waals surface area contributed by atoms with Gasteiger partial charge in [0, 0.05) is 37.0 Å². The first kappa shape index (κ1) is 25.4. The van der Waals surface area contributed by atoms with Crippen LogP contribution in [0.25, 0.3) is 16.9 Å². The maximum atomic E-state index is 14.0. The van der Waals surface area contributed by atoms with Crippen LogP contribution in [0.4, 0.5) is 13.2 Å². The number of aromatic nitrogens is 5. The minimum absolute atomic E-state index is 0.00170. The van der Waals surface area contributed by atoms with Crippen molar-refractivity contribution >= 4 is 11.6 Å². The Morgan fingerprint density at radius 3 is 2.36 bits per heavy atom. The van der Waals surface area contributed by atoms with E-state index in [1.165, 1.54) is 4.90 Å². The molecule has 36 heavy (non-hydrogen) atoms. The maximum Gasteiger partial charge on any atom is 0.433 e. The third-order valence-corrected chi connectivity index (χ3v) is 6.44. The van der Waals surface area contributed by atoms with Gasteiger partial charge in [-0.25, -0.2) is 9.50 Å². The molecule has 0 saturated carbocycles. The van der Waals surface area contributed by atoms with E-state index in [0.29, 0.717) is 16.6 Å². The molecule has 3 heterocycles. The lowest BCUT2D eigenvalue weighted by molar-refractivity contribution is -0.142. The number of halogens is 3. The normalized spacial score (nSPS) is 12.1. The Bertz CT molecular complexity index is 1420. The minimum Gasteiger partial charge on any atom is -0.337 e. The zero-order chi connectivity index (χ0) is 26.4. The topological polar surface area (TPSA) is 68.3 Å². The van der Waals surface area contributed by atoms with Crippen LogP contribution in [-0.4, -0.2) is 42.2 Å². The van der Waals surface area contributed by atoms with E-state index in [0.717, 1.165) is 34.8 Å². The van der Waals surface area contributed by atoms with Gasteiger partial charge in [-0.3, -0.25) is 9.48 Å². The molecule has 0 atom stereocenters. The van der Waals surface area contributed by atoms with E-state index in [1.54, 1.807) is 19.2 Å². The lowest BCUT2D eigenvalue weighted by Gasteiger charge is -2.17. The number of hydrogen-bond donors (Lipinski definition) is 0. The molecule has 0 N–H and O–H groups in total. The van der Waals surface area contributed by atoms with E-state index < -0.39 is 17.8 Å². The summed E-state index contributed by atoms with van der Waals surface area (Å²) < 4.78 is 44.5. The van der Waals surface area contributed by atoms with Crippen molar-refractivity contribution in [3.8, 4) is 11.3 Å². The van der Waals surface area contributed by atoms with E-state index >= 15 is 0 Å². The third kappa shape index (κ3) is 4.59. The molecule has 1 aromatic carbocycles. The van der Waals surface area contributed by atoms with Gasteiger partial charge in [0.25, 0.3) is 5.91 Å². The van der Waals surface area contributed by atoms with Crippen molar-refractivity contribution < 1.29 is 18.0 Å². The largest absolute Gasteiger partial charge is 0.433 e. The molecule has 0 aliphatic carbocycles. The second-order valence-corrected chi connectivity index (χ2v) is 9.22. The zero-order valence-electron chi connectivity index (χ0n) is 21.2. The fourth-order valence-electron chi connectivity index (χ4n) is 4.29. The van der Waals surface area contributed by atoms with Crippen LogP contribution < -0.4 is 0 Å². The Kier molecular flexibility index (Phi) is 6.64. The lowest BCUT2D eigenvalue weighted by Crippen LogP contribution is -2.27. The number of rotatable bonds is 6. The molecule has 1 amide bonds. The molecular weight excluding hydrogens is 469 g/mol. The molecule has 4 rings (SSSR count). The number of carbonyl (C=O) groups is 1. The fourth-order valence-corrected chi connectivity index (χ4v) is 4.29. The minimum atomic E-state index is -4.69. The van der Waals surface area contributed by atoms with Gasteiger partial charge in [0.1, 0.15) is 5.56 Å². The molecule has 7 nitrogen and oxygen atoms in total. The van der Waals surface area contributed by atoms with Crippen LogP contribution in [0.5, 0.6) is 0 Å². The second-order valence-electron chi connectivity index (χ2n) is 9.22. The van der Waals surface area contributed by atoms with Crippen LogP contribution in [0.1, 0.15) is 65.3 Å². The van der Waals surface area contributed by atoms with Gasteiger partial charge < -0.3 is 4.90 Å². The van der Waals surface area contributed by atoms with E-state index in [-0.39, 0.29) is 29.4 Å². The molecule has 0 saturated heterocycles. The van der Waals surface area contributed by atoms with Gasteiger partial charge in [-0.05, 0) is 38.3 Å². The predicted octanol–water partition coefficient (Wildman–Crippen LogP) is 5.64. The van der Waals surface area contributed by atoms with Crippen molar-refractivity contribution in [3.63, 3.8) is 0 Å². The molecule has 0 spiro atoms. The molecule has 4 aromatic rings. The lowest BCUT2D eigenvalue weighted by atomic mass is 10.0. The number of carbonyl (C=O) groups excluding carboxylic acids is 1. The smallest absolute Gasteiger partial charge is 0.337 e. The van der Waals surface area contributed by atoms with Gasteiger partial charge in [0.05, 0.1) is 17.6 Å². The summed E-state index contributed by atoms with van der Waals surface area (Å²) in [6, 6.07) is 8.20. The number of hydrogen-bond acceptors (Lipinski definition) is 4. The van der Waals surface area contributed by atoms with Crippen molar-refractivity contribution in [1.82, 2.24) is 29.3 Å². The molecule has 0 aliphatic heterocycles. The maximum absolute atomic E-state index is 14.0. The number of fused-ring (bicyclic) bond motifs is 1. The summed E-state index contributed by atoms with van der Waals surface area (Å²) in [4.78, 5) is 19.3. The van der Waals surface area contributed by atoms with E-state index in [2.05, 4.69) is 15.2 Å². The van der Waals surface area contributed by atoms with Crippen molar-refractivity contribution in [1.29, 1.82) is 0 Å². The Morgan fingerprint density at radius 1 is 1.14 bits per heavy atom. The molecule has 0 bridgehead atoms. The summed E-state index contributed by atoms with van der Waals surface area (Å²) in [5.74, 6) is -0.187. The van der Waals surface area contributed by atoms with Crippen LogP contribution >= 0.6 is 0 Å². The number of amides is 1. The van der Waals surface area contributed by atoms with Crippen molar-refractivity contribution in [2.24, 2.45) is 0 Å². The number of aryl methyl sites for hydroxylation is 2. The Labute approximate surface area is 207 Å². The first-order valence-electron chi connectivity index (χ1n) is 11.8. The number of alkyl halides is 3.